The molecule has 8 nitrogen and oxygen atoms in total. The van der Waals surface area contributed by atoms with Crippen LogP contribution in [-0.4, -0.2) is 33.3 Å². The van der Waals surface area contributed by atoms with Crippen LogP contribution in [0, 0.1) is 0 Å². The van der Waals surface area contributed by atoms with Gasteiger partial charge in [0, 0.05) is 12.1 Å². The number of sulfonamides is 1. The summed E-state index contributed by atoms with van der Waals surface area (Å²) in [7, 11) is -3.61. The van der Waals surface area contributed by atoms with Crippen molar-refractivity contribution in [2.75, 3.05) is 13.4 Å². The summed E-state index contributed by atoms with van der Waals surface area (Å²) in [5, 5.41) is 2.76. The van der Waals surface area contributed by atoms with Gasteiger partial charge < -0.3 is 19.5 Å². The molecule has 156 valence electrons. The summed E-state index contributed by atoms with van der Waals surface area (Å²) in [5.41, 5.74) is 0.299. The molecule has 0 spiro atoms. The molecule has 0 fully saturated rings. The van der Waals surface area contributed by atoms with Gasteiger partial charge in [0.05, 0.1) is 4.90 Å². The maximum Gasteiger partial charge on any atom is 0.258 e. The minimum atomic E-state index is -3.61. The van der Waals surface area contributed by atoms with Crippen molar-refractivity contribution < 1.29 is 27.4 Å². The third-order valence-corrected chi connectivity index (χ3v) is 5.65. The minimum absolute atomic E-state index is 0.132. The van der Waals surface area contributed by atoms with Gasteiger partial charge in [-0.25, -0.2) is 13.1 Å². The van der Waals surface area contributed by atoms with Crippen LogP contribution in [0.3, 0.4) is 0 Å². The number of nitrogens with one attached hydrogen (secondary N) is 2. The molecule has 0 unspecified atom stereocenters. The van der Waals surface area contributed by atoms with Gasteiger partial charge >= 0.3 is 0 Å². The Morgan fingerprint density at radius 2 is 1.76 bits per heavy atom. The van der Waals surface area contributed by atoms with E-state index in [2.05, 4.69) is 10.0 Å². The third-order valence-electron chi connectivity index (χ3n) is 3.87. The van der Waals surface area contributed by atoms with Crippen LogP contribution in [0.5, 0.6) is 17.2 Å². The van der Waals surface area contributed by atoms with Gasteiger partial charge in [0.25, 0.3) is 5.91 Å². The molecule has 2 N–H and O–H groups in total. The van der Waals surface area contributed by atoms with E-state index >= 15 is 0 Å². The van der Waals surface area contributed by atoms with Crippen molar-refractivity contribution in [2.45, 2.75) is 37.8 Å². The Hall–Kier alpha value is -2.78. The van der Waals surface area contributed by atoms with E-state index in [9.17, 15) is 13.2 Å². The van der Waals surface area contributed by atoms with Crippen LogP contribution in [0.1, 0.15) is 26.3 Å². The Morgan fingerprint density at radius 3 is 2.45 bits per heavy atom. The quantitative estimate of drug-likeness (QED) is 0.712. The zero-order chi connectivity index (χ0) is 21.1. The lowest BCUT2D eigenvalue weighted by atomic mass is 10.1. The van der Waals surface area contributed by atoms with Gasteiger partial charge in [0.1, 0.15) is 5.75 Å². The van der Waals surface area contributed by atoms with E-state index < -0.39 is 15.6 Å². The highest BCUT2D eigenvalue weighted by atomic mass is 32.2. The summed E-state index contributed by atoms with van der Waals surface area (Å²) in [4.78, 5) is 12.1. The third kappa shape index (κ3) is 5.85. The second-order valence-electron chi connectivity index (χ2n) is 7.58. The van der Waals surface area contributed by atoms with Crippen LogP contribution >= 0.6 is 0 Å². The zero-order valence-corrected chi connectivity index (χ0v) is 17.3. The molecule has 1 aliphatic rings. The number of hydrogen-bond donors (Lipinski definition) is 2. The first-order valence-electron chi connectivity index (χ1n) is 9.04. The van der Waals surface area contributed by atoms with Crippen molar-refractivity contribution in [1.82, 2.24) is 10.0 Å². The topological polar surface area (TPSA) is 103 Å². The number of carbonyl (C=O) groups is 1. The molecule has 0 radical (unpaired) electrons. The van der Waals surface area contributed by atoms with Crippen LogP contribution in [0.4, 0.5) is 0 Å². The number of ether oxygens (including phenoxy) is 3. The predicted octanol–water partition coefficient (Wildman–Crippen LogP) is 2.19. The second kappa shape index (κ2) is 8.30. The van der Waals surface area contributed by atoms with Gasteiger partial charge in [-0.05, 0) is 62.7 Å². The number of rotatable bonds is 7. The molecule has 9 heteroatoms. The largest absolute Gasteiger partial charge is 0.484 e. The SMILES string of the molecule is CC(C)(C)NS(=O)(=O)c1ccc(OCC(=O)NCc2ccc3c(c2)OCO3)cc1. The fourth-order valence-electron chi connectivity index (χ4n) is 2.63. The average Bonchev–Trinajstić information content (AvgIpc) is 3.11. The van der Waals surface area contributed by atoms with E-state index in [1.54, 1.807) is 26.8 Å². The number of amides is 1. The monoisotopic (exact) mass is 420 g/mol. The summed E-state index contributed by atoms with van der Waals surface area (Å²) in [5.74, 6) is 1.45. The maximum atomic E-state index is 12.3. The summed E-state index contributed by atoms with van der Waals surface area (Å²) < 4.78 is 43.1. The molecular weight excluding hydrogens is 396 g/mol. The van der Waals surface area contributed by atoms with Crippen LogP contribution in [0.2, 0.25) is 0 Å². The lowest BCUT2D eigenvalue weighted by Crippen LogP contribution is -2.40. The van der Waals surface area contributed by atoms with E-state index in [0.717, 1.165) is 5.56 Å². The molecular formula is C20H24N2O6S. The van der Waals surface area contributed by atoms with Crippen LogP contribution in [0.15, 0.2) is 47.4 Å². The fraction of sp³-hybridized carbons (Fsp3) is 0.350. The molecule has 2 aromatic rings. The van der Waals surface area contributed by atoms with Crippen molar-refractivity contribution in [2.24, 2.45) is 0 Å². The van der Waals surface area contributed by atoms with E-state index in [-0.39, 0.29) is 24.2 Å². The van der Waals surface area contributed by atoms with Gasteiger partial charge in [-0.1, -0.05) is 6.07 Å². The first kappa shape index (κ1) is 20.9. The van der Waals surface area contributed by atoms with Crippen molar-refractivity contribution >= 4 is 15.9 Å². The molecule has 29 heavy (non-hydrogen) atoms. The molecule has 1 aliphatic heterocycles. The maximum absolute atomic E-state index is 12.3. The Morgan fingerprint density at radius 1 is 1.07 bits per heavy atom. The van der Waals surface area contributed by atoms with Crippen LogP contribution in [-0.2, 0) is 21.4 Å². The van der Waals surface area contributed by atoms with Gasteiger partial charge in [-0.15, -0.1) is 0 Å². The van der Waals surface area contributed by atoms with Crippen molar-refractivity contribution in [3.8, 4) is 17.2 Å². The van der Waals surface area contributed by atoms with Gasteiger partial charge in [-0.3, -0.25) is 4.79 Å². The van der Waals surface area contributed by atoms with Gasteiger partial charge in [0.2, 0.25) is 16.8 Å². The molecule has 1 heterocycles. The lowest BCUT2D eigenvalue weighted by Gasteiger charge is -2.20. The number of fused-ring (bicyclic) bond motifs is 1. The molecule has 3 rings (SSSR count). The fourth-order valence-corrected chi connectivity index (χ4v) is 4.05. The molecule has 0 atom stereocenters. The first-order chi connectivity index (χ1) is 13.6. The molecule has 0 saturated carbocycles. The smallest absolute Gasteiger partial charge is 0.258 e. The standard InChI is InChI=1S/C20H24N2O6S/c1-20(2,3)22-29(24,25)16-7-5-15(6-8-16)26-12-19(23)21-11-14-4-9-17-18(10-14)28-13-27-17/h4-10,22H,11-13H2,1-3H3,(H,21,23). The summed E-state index contributed by atoms with van der Waals surface area (Å²) >= 11 is 0. The van der Waals surface area contributed by atoms with Gasteiger partial charge in [0.15, 0.2) is 18.1 Å². The van der Waals surface area contributed by atoms with Crippen molar-refractivity contribution in [1.29, 1.82) is 0 Å². The molecule has 0 saturated heterocycles. The Labute approximate surface area is 170 Å². The van der Waals surface area contributed by atoms with Crippen molar-refractivity contribution in [3.05, 3.63) is 48.0 Å². The van der Waals surface area contributed by atoms with Crippen LogP contribution in [0.25, 0.3) is 0 Å². The van der Waals surface area contributed by atoms with Crippen LogP contribution < -0.4 is 24.2 Å². The van der Waals surface area contributed by atoms with E-state index in [1.807, 2.05) is 12.1 Å². The summed E-state index contributed by atoms with van der Waals surface area (Å²) in [6, 6.07) is 11.4. The first-order valence-corrected chi connectivity index (χ1v) is 10.5. The minimum Gasteiger partial charge on any atom is -0.484 e. The second-order valence-corrected chi connectivity index (χ2v) is 9.26. The highest BCUT2D eigenvalue weighted by Gasteiger charge is 2.21. The van der Waals surface area contributed by atoms with Crippen molar-refractivity contribution in [3.63, 3.8) is 0 Å². The average molecular weight is 420 g/mol. The normalized spacial score (nSPS) is 13.2. The predicted molar refractivity (Wildman–Crippen MR) is 106 cm³/mol. The Balaban J connectivity index is 1.49. The number of hydrogen-bond acceptors (Lipinski definition) is 6. The molecule has 0 bridgehead atoms. The Bertz CT molecular complexity index is 981. The molecule has 0 aromatic heterocycles. The van der Waals surface area contributed by atoms with E-state index in [4.69, 9.17) is 14.2 Å². The highest BCUT2D eigenvalue weighted by molar-refractivity contribution is 7.89. The number of benzene rings is 2. The van der Waals surface area contributed by atoms with E-state index in [0.29, 0.717) is 23.8 Å². The highest BCUT2D eigenvalue weighted by Crippen LogP contribution is 2.32. The zero-order valence-electron chi connectivity index (χ0n) is 16.5. The van der Waals surface area contributed by atoms with E-state index in [1.165, 1.54) is 24.3 Å². The molecule has 1 amide bonds. The summed E-state index contributed by atoms with van der Waals surface area (Å²) in [6.07, 6.45) is 0. The summed E-state index contributed by atoms with van der Waals surface area (Å²) in [6.45, 7) is 5.65. The Kier molecular flexibility index (Phi) is 5.99. The van der Waals surface area contributed by atoms with Gasteiger partial charge in [-0.2, -0.15) is 0 Å². The molecule has 0 aliphatic carbocycles. The number of carbonyl (C=O) groups excluding carboxylic acids is 1. The lowest BCUT2D eigenvalue weighted by molar-refractivity contribution is -0.123. The molecule has 2 aromatic carbocycles.